The molecule has 2 rings (SSSR count). The number of aryl methyl sites for hydroxylation is 1. The Hall–Kier alpha value is -0.970. The second-order valence-corrected chi connectivity index (χ2v) is 5.78. The third-order valence-electron chi connectivity index (χ3n) is 3.15. The van der Waals surface area contributed by atoms with Crippen LogP contribution in [0.5, 0.6) is 0 Å². The highest BCUT2D eigenvalue weighted by Crippen LogP contribution is 2.30. The highest BCUT2D eigenvalue weighted by Gasteiger charge is 2.19. The average molecular weight is 361 g/mol. The molecule has 1 atom stereocenters. The average Bonchev–Trinajstić information content (AvgIpc) is 2.40. The van der Waals surface area contributed by atoms with Crippen molar-refractivity contribution < 1.29 is 8.78 Å². The van der Waals surface area contributed by atoms with Crippen LogP contribution >= 0.6 is 27.5 Å². The predicted octanol–water partition coefficient (Wildman–Crippen LogP) is 5.00. The van der Waals surface area contributed by atoms with Crippen LogP contribution in [0.15, 0.2) is 34.8 Å². The van der Waals surface area contributed by atoms with Crippen molar-refractivity contribution in [1.82, 2.24) is 5.32 Å². The molecule has 1 nitrogen and oxygen atoms in total. The van der Waals surface area contributed by atoms with Gasteiger partial charge in [-0.15, -0.1) is 0 Å². The Morgan fingerprint density at radius 1 is 1.15 bits per heavy atom. The van der Waals surface area contributed by atoms with Crippen molar-refractivity contribution in [1.29, 1.82) is 0 Å². The molecule has 0 aliphatic rings. The Labute approximate surface area is 130 Å². The van der Waals surface area contributed by atoms with Gasteiger partial charge in [-0.3, -0.25) is 0 Å². The lowest BCUT2D eigenvalue weighted by atomic mass is 9.97. The molecular formula is C15H13BrClF2N. The molecule has 1 N–H and O–H groups in total. The van der Waals surface area contributed by atoms with Gasteiger partial charge >= 0.3 is 0 Å². The first kappa shape index (κ1) is 15.4. The number of rotatable bonds is 3. The molecule has 2 aromatic rings. The summed E-state index contributed by atoms with van der Waals surface area (Å²) in [6.07, 6.45) is 0. The van der Waals surface area contributed by atoms with Gasteiger partial charge in [0.25, 0.3) is 0 Å². The van der Waals surface area contributed by atoms with Crippen molar-refractivity contribution >= 4 is 27.5 Å². The van der Waals surface area contributed by atoms with E-state index in [1.165, 1.54) is 19.1 Å². The minimum absolute atomic E-state index is 0.258. The molecule has 0 aliphatic carbocycles. The van der Waals surface area contributed by atoms with E-state index in [0.29, 0.717) is 5.02 Å². The van der Waals surface area contributed by atoms with Crippen LogP contribution in [-0.2, 0) is 0 Å². The third kappa shape index (κ3) is 3.03. The first-order chi connectivity index (χ1) is 9.43. The zero-order chi connectivity index (χ0) is 14.9. The Bertz CT molecular complexity index is 646. The topological polar surface area (TPSA) is 12.0 Å². The van der Waals surface area contributed by atoms with Crippen LogP contribution < -0.4 is 5.32 Å². The lowest BCUT2D eigenvalue weighted by Gasteiger charge is -2.19. The molecule has 0 saturated carbocycles. The minimum atomic E-state index is -0.462. The van der Waals surface area contributed by atoms with Gasteiger partial charge in [-0.1, -0.05) is 17.7 Å². The molecule has 0 amide bonds. The minimum Gasteiger partial charge on any atom is -0.309 e. The van der Waals surface area contributed by atoms with Crippen molar-refractivity contribution in [3.05, 3.63) is 68.2 Å². The predicted molar refractivity (Wildman–Crippen MR) is 81.1 cm³/mol. The van der Waals surface area contributed by atoms with Crippen LogP contribution in [0.2, 0.25) is 5.02 Å². The van der Waals surface area contributed by atoms with Gasteiger partial charge in [0.1, 0.15) is 11.6 Å². The van der Waals surface area contributed by atoms with Crippen LogP contribution in [0, 0.1) is 18.6 Å². The monoisotopic (exact) mass is 359 g/mol. The van der Waals surface area contributed by atoms with Crippen molar-refractivity contribution in [3.63, 3.8) is 0 Å². The number of hydrogen-bond acceptors (Lipinski definition) is 1. The summed E-state index contributed by atoms with van der Waals surface area (Å²) in [5, 5.41) is 3.51. The second kappa shape index (κ2) is 6.20. The lowest BCUT2D eigenvalue weighted by Crippen LogP contribution is -2.19. The fourth-order valence-electron chi connectivity index (χ4n) is 2.08. The molecule has 0 radical (unpaired) electrons. The van der Waals surface area contributed by atoms with Gasteiger partial charge in [0.2, 0.25) is 0 Å². The van der Waals surface area contributed by atoms with Crippen LogP contribution in [-0.4, -0.2) is 7.05 Å². The summed E-state index contributed by atoms with van der Waals surface area (Å²) in [7, 11) is 1.69. The van der Waals surface area contributed by atoms with Crippen molar-refractivity contribution in [2.45, 2.75) is 13.0 Å². The van der Waals surface area contributed by atoms with Gasteiger partial charge in [0, 0.05) is 10.0 Å². The summed E-state index contributed by atoms with van der Waals surface area (Å²) in [4.78, 5) is 0. The number of hydrogen-bond donors (Lipinski definition) is 1. The second-order valence-electron chi connectivity index (χ2n) is 4.52. The van der Waals surface area contributed by atoms with Gasteiger partial charge in [0.05, 0.1) is 11.1 Å². The van der Waals surface area contributed by atoms with Crippen LogP contribution in [0.4, 0.5) is 8.78 Å². The standard InChI is InChI=1S/C15H13BrClF2N/c1-8-5-14(19)10(7-13(8)18)15(20-2)9-3-4-11(16)12(17)6-9/h3-7,15,20H,1-2H3. The van der Waals surface area contributed by atoms with E-state index in [0.717, 1.165) is 10.0 Å². The van der Waals surface area contributed by atoms with Gasteiger partial charge in [0.15, 0.2) is 0 Å². The molecule has 0 spiro atoms. The van der Waals surface area contributed by atoms with E-state index in [2.05, 4.69) is 21.2 Å². The highest BCUT2D eigenvalue weighted by molar-refractivity contribution is 9.10. The quantitative estimate of drug-likeness (QED) is 0.812. The fourth-order valence-corrected chi connectivity index (χ4v) is 2.51. The smallest absolute Gasteiger partial charge is 0.128 e. The van der Waals surface area contributed by atoms with Crippen LogP contribution in [0.25, 0.3) is 0 Å². The first-order valence-electron chi connectivity index (χ1n) is 6.01. The van der Waals surface area contributed by atoms with Gasteiger partial charge in [-0.2, -0.15) is 0 Å². The molecule has 0 heterocycles. The summed E-state index contributed by atoms with van der Waals surface area (Å²) in [5.41, 5.74) is 1.31. The Kier molecular flexibility index (Phi) is 4.78. The van der Waals surface area contributed by atoms with Gasteiger partial charge in [-0.05, 0) is 65.3 Å². The molecule has 0 aromatic heterocycles. The number of nitrogens with one attached hydrogen (secondary N) is 1. The maximum absolute atomic E-state index is 14.1. The van der Waals surface area contributed by atoms with E-state index in [9.17, 15) is 8.78 Å². The van der Waals surface area contributed by atoms with E-state index >= 15 is 0 Å². The molecule has 5 heteroatoms. The van der Waals surface area contributed by atoms with Crippen molar-refractivity contribution in [2.75, 3.05) is 7.05 Å². The van der Waals surface area contributed by atoms with E-state index in [4.69, 9.17) is 11.6 Å². The van der Waals surface area contributed by atoms with E-state index in [-0.39, 0.29) is 11.1 Å². The van der Waals surface area contributed by atoms with Gasteiger partial charge in [-0.25, -0.2) is 8.78 Å². The van der Waals surface area contributed by atoms with Crippen LogP contribution in [0.1, 0.15) is 22.7 Å². The van der Waals surface area contributed by atoms with E-state index < -0.39 is 17.7 Å². The number of halogens is 4. The molecule has 0 aliphatic heterocycles. The highest BCUT2D eigenvalue weighted by atomic mass is 79.9. The Morgan fingerprint density at radius 2 is 1.85 bits per heavy atom. The molecule has 0 saturated heterocycles. The molecule has 0 fully saturated rings. The van der Waals surface area contributed by atoms with Crippen molar-refractivity contribution in [3.8, 4) is 0 Å². The summed E-state index contributed by atoms with van der Waals surface area (Å²) < 4.78 is 28.5. The first-order valence-corrected chi connectivity index (χ1v) is 7.19. The molecule has 1 unspecified atom stereocenters. The largest absolute Gasteiger partial charge is 0.309 e. The van der Waals surface area contributed by atoms with Crippen molar-refractivity contribution in [2.24, 2.45) is 0 Å². The molecule has 106 valence electrons. The summed E-state index contributed by atoms with van der Waals surface area (Å²) in [5.74, 6) is -0.868. The zero-order valence-corrected chi connectivity index (χ0v) is 13.3. The van der Waals surface area contributed by atoms with E-state index in [1.807, 2.05) is 6.07 Å². The maximum atomic E-state index is 14.1. The zero-order valence-electron chi connectivity index (χ0n) is 11.0. The lowest BCUT2D eigenvalue weighted by molar-refractivity contribution is 0.553. The SMILES string of the molecule is CNC(c1ccc(Br)c(Cl)c1)c1cc(F)c(C)cc1F. The molecular weight excluding hydrogens is 348 g/mol. The Morgan fingerprint density at radius 3 is 2.45 bits per heavy atom. The fraction of sp³-hybridized carbons (Fsp3) is 0.200. The molecule has 0 bridgehead atoms. The van der Waals surface area contributed by atoms with E-state index in [1.54, 1.807) is 19.2 Å². The third-order valence-corrected chi connectivity index (χ3v) is 4.39. The normalized spacial score (nSPS) is 12.5. The number of benzene rings is 2. The maximum Gasteiger partial charge on any atom is 0.128 e. The Balaban J connectivity index is 2.52. The van der Waals surface area contributed by atoms with Crippen LogP contribution in [0.3, 0.4) is 0 Å². The molecule has 20 heavy (non-hydrogen) atoms. The van der Waals surface area contributed by atoms with Gasteiger partial charge < -0.3 is 5.32 Å². The molecule has 2 aromatic carbocycles. The summed E-state index contributed by atoms with van der Waals surface area (Å²) >= 11 is 9.36. The summed E-state index contributed by atoms with van der Waals surface area (Å²) in [6, 6.07) is 7.29. The summed E-state index contributed by atoms with van der Waals surface area (Å²) in [6.45, 7) is 1.53.